The summed E-state index contributed by atoms with van der Waals surface area (Å²) in [5, 5.41) is 2.74. The lowest BCUT2D eigenvalue weighted by atomic mass is 10.2. The van der Waals surface area contributed by atoms with E-state index in [1.165, 1.54) is 28.8 Å². The van der Waals surface area contributed by atoms with Crippen LogP contribution in [0.3, 0.4) is 0 Å². The lowest BCUT2D eigenvalue weighted by molar-refractivity contribution is -0.116. The van der Waals surface area contributed by atoms with Crippen molar-refractivity contribution in [3.63, 3.8) is 0 Å². The Labute approximate surface area is 156 Å². The van der Waals surface area contributed by atoms with Crippen molar-refractivity contribution in [3.8, 4) is 0 Å². The molecule has 0 saturated carbocycles. The Kier molecular flexibility index (Phi) is 5.85. The predicted octanol–water partition coefficient (Wildman–Crippen LogP) is 1.73. The molecule has 2 aromatic rings. The fourth-order valence-electron chi connectivity index (χ4n) is 2.98. The van der Waals surface area contributed by atoms with Crippen LogP contribution in [-0.4, -0.2) is 41.8 Å². The number of rotatable bonds is 5. The van der Waals surface area contributed by atoms with Gasteiger partial charge in [0, 0.05) is 30.5 Å². The average Bonchev–Trinajstić information content (AvgIpc) is 2.66. The monoisotopic (exact) mass is 374 g/mol. The number of hydrogen-bond donors (Lipinski definition) is 1. The number of nitrogens with zero attached hydrogens (tertiary/aromatic N) is 3. The van der Waals surface area contributed by atoms with Crippen molar-refractivity contribution >= 4 is 17.5 Å². The van der Waals surface area contributed by atoms with E-state index in [-0.39, 0.29) is 23.8 Å². The molecule has 1 aromatic heterocycles. The Bertz CT molecular complexity index is 891. The van der Waals surface area contributed by atoms with Crippen LogP contribution >= 0.6 is 0 Å². The molecule has 0 atom stereocenters. The van der Waals surface area contributed by atoms with E-state index in [2.05, 4.69) is 10.3 Å². The van der Waals surface area contributed by atoms with Gasteiger partial charge in [-0.1, -0.05) is 6.92 Å². The average molecular weight is 374 g/mol. The fourth-order valence-corrected chi connectivity index (χ4v) is 2.98. The number of ether oxygens (including phenoxy) is 1. The van der Waals surface area contributed by atoms with E-state index in [1.54, 1.807) is 6.92 Å². The van der Waals surface area contributed by atoms with E-state index in [9.17, 15) is 14.0 Å². The molecule has 1 N–H and O–H groups in total. The smallest absolute Gasteiger partial charge is 0.255 e. The van der Waals surface area contributed by atoms with Gasteiger partial charge >= 0.3 is 0 Å². The molecule has 2 heterocycles. The van der Waals surface area contributed by atoms with E-state index >= 15 is 0 Å². The first kappa shape index (κ1) is 19.0. The van der Waals surface area contributed by atoms with Crippen LogP contribution in [0.15, 0.2) is 29.1 Å². The van der Waals surface area contributed by atoms with Gasteiger partial charge in [0.1, 0.15) is 12.4 Å². The van der Waals surface area contributed by atoms with Crippen molar-refractivity contribution in [1.82, 2.24) is 9.55 Å². The molecular weight excluding hydrogens is 351 g/mol. The molecule has 1 amide bonds. The Balaban J connectivity index is 1.86. The largest absolute Gasteiger partial charge is 0.378 e. The maximum absolute atomic E-state index is 13.2. The summed E-state index contributed by atoms with van der Waals surface area (Å²) in [4.78, 5) is 31.7. The fraction of sp³-hybridized carbons (Fsp3) is 0.421. The van der Waals surface area contributed by atoms with Crippen molar-refractivity contribution < 1.29 is 13.9 Å². The normalized spacial score (nSPS) is 14.3. The Hall–Kier alpha value is -2.74. The number of morpholine rings is 1. The zero-order valence-electron chi connectivity index (χ0n) is 15.5. The van der Waals surface area contributed by atoms with Crippen LogP contribution in [0.4, 0.5) is 16.0 Å². The van der Waals surface area contributed by atoms with Crippen molar-refractivity contribution in [3.05, 3.63) is 51.7 Å². The molecule has 0 bridgehead atoms. The quantitative estimate of drug-likeness (QED) is 0.863. The van der Waals surface area contributed by atoms with Crippen LogP contribution in [0, 0.1) is 12.7 Å². The number of hydrogen-bond acceptors (Lipinski definition) is 5. The molecule has 1 aromatic carbocycles. The van der Waals surface area contributed by atoms with Crippen molar-refractivity contribution in [1.29, 1.82) is 0 Å². The maximum Gasteiger partial charge on any atom is 0.255 e. The van der Waals surface area contributed by atoms with Gasteiger partial charge < -0.3 is 15.0 Å². The first-order chi connectivity index (χ1) is 13.0. The Morgan fingerprint density at radius 2 is 2.04 bits per heavy atom. The molecular formula is C19H23FN4O3. The highest BCUT2D eigenvalue weighted by Crippen LogP contribution is 2.17. The maximum atomic E-state index is 13.2. The topological polar surface area (TPSA) is 76.5 Å². The van der Waals surface area contributed by atoms with Gasteiger partial charge in [0.2, 0.25) is 11.9 Å². The molecule has 8 heteroatoms. The van der Waals surface area contributed by atoms with Crippen LogP contribution in [0.2, 0.25) is 0 Å². The van der Waals surface area contributed by atoms with Crippen LogP contribution in [0.5, 0.6) is 0 Å². The van der Waals surface area contributed by atoms with Crippen LogP contribution in [0.25, 0.3) is 0 Å². The minimum Gasteiger partial charge on any atom is -0.378 e. The number of aromatic nitrogens is 2. The second-order valence-corrected chi connectivity index (χ2v) is 6.43. The molecule has 3 rings (SSSR count). The standard InChI is InChI=1S/C19H23FN4O3/c1-3-15-11-18(26)24(19(21-15)23-6-8-27-9-7-23)12-17(25)22-16-5-4-14(20)10-13(16)2/h4-5,10-11H,3,6-9,12H2,1-2H3,(H,22,25). The number of benzene rings is 1. The van der Waals surface area contributed by atoms with Crippen molar-refractivity contribution in [2.24, 2.45) is 0 Å². The van der Waals surface area contributed by atoms with Gasteiger partial charge in [-0.25, -0.2) is 9.37 Å². The summed E-state index contributed by atoms with van der Waals surface area (Å²) in [6.45, 7) is 5.79. The predicted molar refractivity (Wildman–Crippen MR) is 101 cm³/mol. The highest BCUT2D eigenvalue weighted by Gasteiger charge is 2.20. The third kappa shape index (κ3) is 4.51. The number of carbonyl (C=O) groups is 1. The summed E-state index contributed by atoms with van der Waals surface area (Å²) in [5.74, 6) is -0.253. The van der Waals surface area contributed by atoms with Gasteiger partial charge in [0.05, 0.1) is 13.2 Å². The summed E-state index contributed by atoms with van der Waals surface area (Å²) in [7, 11) is 0. The van der Waals surface area contributed by atoms with Gasteiger partial charge in [0.25, 0.3) is 5.56 Å². The molecule has 27 heavy (non-hydrogen) atoms. The molecule has 1 fully saturated rings. The SMILES string of the molecule is CCc1cc(=O)n(CC(=O)Nc2ccc(F)cc2C)c(N2CCOCC2)n1. The summed E-state index contributed by atoms with van der Waals surface area (Å²) in [5.41, 5.74) is 1.55. The van der Waals surface area contributed by atoms with Crippen LogP contribution in [-0.2, 0) is 22.5 Å². The number of nitrogens with one attached hydrogen (secondary N) is 1. The van der Waals surface area contributed by atoms with E-state index < -0.39 is 0 Å². The summed E-state index contributed by atoms with van der Waals surface area (Å²) in [6, 6.07) is 5.59. The van der Waals surface area contributed by atoms with E-state index in [0.29, 0.717) is 55.6 Å². The minimum absolute atomic E-state index is 0.167. The molecule has 7 nitrogen and oxygen atoms in total. The highest BCUT2D eigenvalue weighted by molar-refractivity contribution is 5.91. The molecule has 1 aliphatic heterocycles. The molecule has 144 valence electrons. The lowest BCUT2D eigenvalue weighted by Gasteiger charge is -2.29. The molecule has 0 unspecified atom stereocenters. The zero-order valence-corrected chi connectivity index (χ0v) is 15.5. The first-order valence-corrected chi connectivity index (χ1v) is 8.97. The van der Waals surface area contributed by atoms with Crippen LogP contribution in [0.1, 0.15) is 18.2 Å². The molecule has 0 radical (unpaired) electrons. The second kappa shape index (κ2) is 8.30. The number of carbonyl (C=O) groups excluding carboxylic acids is 1. The van der Waals surface area contributed by atoms with Gasteiger partial charge in [0.15, 0.2) is 0 Å². The van der Waals surface area contributed by atoms with E-state index in [1.807, 2.05) is 11.8 Å². The Morgan fingerprint density at radius 3 is 2.70 bits per heavy atom. The third-order valence-electron chi connectivity index (χ3n) is 4.46. The lowest BCUT2D eigenvalue weighted by Crippen LogP contribution is -2.42. The Morgan fingerprint density at radius 1 is 1.30 bits per heavy atom. The number of halogens is 1. The van der Waals surface area contributed by atoms with Crippen LogP contribution < -0.4 is 15.8 Å². The summed E-state index contributed by atoms with van der Waals surface area (Å²) >= 11 is 0. The third-order valence-corrected chi connectivity index (χ3v) is 4.46. The van der Waals surface area contributed by atoms with Gasteiger partial charge in [-0.15, -0.1) is 0 Å². The van der Waals surface area contributed by atoms with Crippen molar-refractivity contribution in [2.75, 3.05) is 36.5 Å². The van der Waals surface area contributed by atoms with E-state index in [4.69, 9.17) is 4.74 Å². The second-order valence-electron chi connectivity index (χ2n) is 6.43. The zero-order chi connectivity index (χ0) is 19.4. The minimum atomic E-state index is -0.368. The summed E-state index contributed by atoms with van der Waals surface area (Å²) in [6.07, 6.45) is 0.633. The number of amides is 1. The van der Waals surface area contributed by atoms with Crippen molar-refractivity contribution in [2.45, 2.75) is 26.8 Å². The summed E-state index contributed by atoms with van der Waals surface area (Å²) < 4.78 is 20.0. The highest BCUT2D eigenvalue weighted by atomic mass is 19.1. The van der Waals surface area contributed by atoms with E-state index in [0.717, 1.165) is 0 Å². The van der Waals surface area contributed by atoms with Gasteiger partial charge in [-0.05, 0) is 37.1 Å². The van der Waals surface area contributed by atoms with Gasteiger partial charge in [-0.2, -0.15) is 0 Å². The first-order valence-electron chi connectivity index (χ1n) is 8.97. The molecule has 0 aliphatic carbocycles. The molecule has 1 saturated heterocycles. The number of anilines is 2. The molecule has 1 aliphatic rings. The molecule has 0 spiro atoms. The number of aryl methyl sites for hydroxylation is 2. The van der Waals surface area contributed by atoms with Gasteiger partial charge in [-0.3, -0.25) is 14.2 Å².